The second-order valence-corrected chi connectivity index (χ2v) is 6.05. The fourth-order valence-electron chi connectivity index (χ4n) is 2.83. The van der Waals surface area contributed by atoms with Crippen molar-refractivity contribution in [3.05, 3.63) is 58.3 Å². The maximum Gasteiger partial charge on any atom is 0.272 e. The molecule has 2 aromatic rings. The minimum Gasteiger partial charge on any atom is -0.490 e. The number of hydrogen-bond acceptors (Lipinski definition) is 4. The Morgan fingerprint density at radius 2 is 2.00 bits per heavy atom. The van der Waals surface area contributed by atoms with Gasteiger partial charge in [0.1, 0.15) is 17.5 Å². The predicted molar refractivity (Wildman–Crippen MR) is 90.2 cm³/mol. The van der Waals surface area contributed by atoms with Crippen molar-refractivity contribution < 1.29 is 9.53 Å². The first-order chi connectivity index (χ1) is 11.5. The van der Waals surface area contributed by atoms with Crippen LogP contribution < -0.4 is 10.3 Å². The molecule has 6 heteroatoms. The summed E-state index contributed by atoms with van der Waals surface area (Å²) >= 11 is 0. The quantitative estimate of drug-likeness (QED) is 0.862. The number of piperidine rings is 1. The first-order valence-electron chi connectivity index (χ1n) is 8.09. The number of rotatable bonds is 3. The summed E-state index contributed by atoms with van der Waals surface area (Å²) in [7, 11) is 1.74. The summed E-state index contributed by atoms with van der Waals surface area (Å²) in [5.41, 5.74) is 1.26. The third-order valence-electron chi connectivity index (χ3n) is 4.39. The molecule has 1 amide bonds. The van der Waals surface area contributed by atoms with Gasteiger partial charge in [0, 0.05) is 50.9 Å². The number of nitrogens with zero attached hydrogens (tertiary/aromatic N) is 3. The lowest BCUT2D eigenvalue weighted by Gasteiger charge is -2.32. The Kier molecular flexibility index (Phi) is 4.64. The molecule has 0 spiro atoms. The van der Waals surface area contributed by atoms with Crippen molar-refractivity contribution in [3.8, 4) is 5.75 Å². The van der Waals surface area contributed by atoms with Crippen molar-refractivity contribution in [3.63, 3.8) is 0 Å². The minimum absolute atomic E-state index is 0.0179. The Bertz CT molecular complexity index is 778. The number of ether oxygens (including phenoxy) is 1. The monoisotopic (exact) mass is 327 g/mol. The van der Waals surface area contributed by atoms with E-state index in [1.807, 2.05) is 19.1 Å². The summed E-state index contributed by atoms with van der Waals surface area (Å²) in [5.74, 6) is 0.559. The maximum atomic E-state index is 12.4. The van der Waals surface area contributed by atoms with Crippen LogP contribution >= 0.6 is 0 Å². The molecule has 1 fully saturated rings. The summed E-state index contributed by atoms with van der Waals surface area (Å²) in [6.45, 7) is 3.14. The highest BCUT2D eigenvalue weighted by Gasteiger charge is 2.25. The van der Waals surface area contributed by atoms with Crippen molar-refractivity contribution in [2.45, 2.75) is 25.9 Å². The van der Waals surface area contributed by atoms with E-state index in [2.05, 4.69) is 4.98 Å². The Labute approximate surface area is 140 Å². The van der Waals surface area contributed by atoms with E-state index in [0.29, 0.717) is 24.5 Å². The van der Waals surface area contributed by atoms with Crippen LogP contribution in [0, 0.1) is 6.92 Å². The van der Waals surface area contributed by atoms with Gasteiger partial charge in [-0.3, -0.25) is 14.6 Å². The number of carbonyl (C=O) groups is 1. The number of amides is 1. The zero-order valence-electron chi connectivity index (χ0n) is 13.9. The lowest BCUT2D eigenvalue weighted by atomic mass is 10.1. The third-order valence-corrected chi connectivity index (χ3v) is 4.39. The van der Waals surface area contributed by atoms with Crippen molar-refractivity contribution in [2.75, 3.05) is 13.1 Å². The van der Waals surface area contributed by atoms with E-state index in [1.165, 1.54) is 6.07 Å². The molecule has 0 saturated carbocycles. The summed E-state index contributed by atoms with van der Waals surface area (Å²) in [5, 5.41) is 0. The second kappa shape index (κ2) is 6.86. The third kappa shape index (κ3) is 3.48. The van der Waals surface area contributed by atoms with E-state index in [1.54, 1.807) is 34.8 Å². The molecule has 24 heavy (non-hydrogen) atoms. The van der Waals surface area contributed by atoms with Gasteiger partial charge in [0.25, 0.3) is 11.5 Å². The number of aromatic nitrogens is 2. The zero-order valence-corrected chi connectivity index (χ0v) is 13.9. The van der Waals surface area contributed by atoms with E-state index in [0.717, 1.165) is 18.5 Å². The standard InChI is InChI=1S/C18H21N3O3/c1-13-11-15(12-17(22)20(13)2)24-14-6-9-21(10-7-14)18(23)16-5-3-4-8-19-16/h3-5,8,11-12,14H,6-7,9-10H2,1-2H3. The summed E-state index contributed by atoms with van der Waals surface area (Å²) in [4.78, 5) is 30.1. The fourth-order valence-corrected chi connectivity index (χ4v) is 2.83. The van der Waals surface area contributed by atoms with Crippen LogP contribution in [-0.2, 0) is 7.05 Å². The molecular formula is C18H21N3O3. The van der Waals surface area contributed by atoms with Crippen molar-refractivity contribution in [1.29, 1.82) is 0 Å². The van der Waals surface area contributed by atoms with Gasteiger partial charge in [-0.05, 0) is 25.1 Å². The highest BCUT2D eigenvalue weighted by molar-refractivity contribution is 5.92. The van der Waals surface area contributed by atoms with E-state index >= 15 is 0 Å². The average molecular weight is 327 g/mol. The van der Waals surface area contributed by atoms with Crippen LogP contribution in [0.25, 0.3) is 0 Å². The largest absolute Gasteiger partial charge is 0.490 e. The van der Waals surface area contributed by atoms with E-state index in [4.69, 9.17) is 4.74 Å². The van der Waals surface area contributed by atoms with Gasteiger partial charge in [-0.1, -0.05) is 6.07 Å². The lowest BCUT2D eigenvalue weighted by molar-refractivity contribution is 0.0589. The first kappa shape index (κ1) is 16.2. The Balaban J connectivity index is 1.59. The van der Waals surface area contributed by atoms with E-state index < -0.39 is 0 Å². The van der Waals surface area contributed by atoms with Crippen LogP contribution in [0.2, 0.25) is 0 Å². The second-order valence-electron chi connectivity index (χ2n) is 6.05. The van der Waals surface area contributed by atoms with Gasteiger partial charge in [-0.2, -0.15) is 0 Å². The molecule has 1 aliphatic heterocycles. The van der Waals surface area contributed by atoms with E-state index in [9.17, 15) is 9.59 Å². The van der Waals surface area contributed by atoms with Crippen LogP contribution in [-0.4, -0.2) is 39.6 Å². The smallest absolute Gasteiger partial charge is 0.272 e. The number of aryl methyl sites for hydroxylation is 1. The molecule has 126 valence electrons. The maximum absolute atomic E-state index is 12.4. The highest BCUT2D eigenvalue weighted by atomic mass is 16.5. The molecule has 0 radical (unpaired) electrons. The molecule has 0 atom stereocenters. The topological polar surface area (TPSA) is 64.4 Å². The summed E-state index contributed by atoms with van der Waals surface area (Å²) < 4.78 is 7.52. The Morgan fingerprint density at radius 1 is 1.25 bits per heavy atom. The average Bonchev–Trinajstić information content (AvgIpc) is 2.60. The zero-order chi connectivity index (χ0) is 17.1. The molecule has 1 aliphatic rings. The van der Waals surface area contributed by atoms with Crippen molar-refractivity contribution >= 4 is 5.91 Å². The molecule has 2 aromatic heterocycles. The fraction of sp³-hybridized carbons (Fsp3) is 0.389. The van der Waals surface area contributed by atoms with E-state index in [-0.39, 0.29) is 17.6 Å². The number of hydrogen-bond donors (Lipinski definition) is 0. The number of pyridine rings is 2. The van der Waals surface area contributed by atoms with Gasteiger partial charge >= 0.3 is 0 Å². The normalized spacial score (nSPS) is 15.3. The SMILES string of the molecule is Cc1cc(OC2CCN(C(=O)c3ccccn3)CC2)cc(=O)n1C. The Hall–Kier alpha value is -2.63. The molecule has 6 nitrogen and oxygen atoms in total. The van der Waals surface area contributed by atoms with Crippen molar-refractivity contribution in [1.82, 2.24) is 14.5 Å². The van der Waals surface area contributed by atoms with Crippen molar-refractivity contribution in [2.24, 2.45) is 7.05 Å². The molecule has 0 N–H and O–H groups in total. The first-order valence-corrected chi connectivity index (χ1v) is 8.09. The molecule has 3 rings (SSSR count). The molecular weight excluding hydrogens is 306 g/mol. The van der Waals surface area contributed by atoms with Gasteiger partial charge in [0.2, 0.25) is 0 Å². The number of carbonyl (C=O) groups excluding carboxylic acids is 1. The van der Waals surface area contributed by atoms with Crippen LogP contribution in [0.1, 0.15) is 29.0 Å². The molecule has 0 aliphatic carbocycles. The lowest BCUT2D eigenvalue weighted by Crippen LogP contribution is -2.42. The molecule has 1 saturated heterocycles. The van der Waals surface area contributed by atoms with Gasteiger partial charge in [0.05, 0.1) is 0 Å². The van der Waals surface area contributed by atoms with Crippen LogP contribution in [0.15, 0.2) is 41.3 Å². The van der Waals surface area contributed by atoms with Crippen LogP contribution in [0.4, 0.5) is 0 Å². The summed E-state index contributed by atoms with van der Waals surface area (Å²) in [6.07, 6.45) is 3.13. The highest BCUT2D eigenvalue weighted by Crippen LogP contribution is 2.19. The van der Waals surface area contributed by atoms with Gasteiger partial charge in [-0.15, -0.1) is 0 Å². The van der Waals surface area contributed by atoms with Gasteiger partial charge in [-0.25, -0.2) is 0 Å². The molecule has 0 unspecified atom stereocenters. The minimum atomic E-state index is -0.0761. The Morgan fingerprint density at radius 3 is 2.62 bits per heavy atom. The van der Waals surface area contributed by atoms with Crippen LogP contribution in [0.3, 0.4) is 0 Å². The van der Waals surface area contributed by atoms with Gasteiger partial charge in [0.15, 0.2) is 0 Å². The summed E-state index contributed by atoms with van der Waals surface area (Å²) in [6, 6.07) is 8.72. The number of likely N-dealkylation sites (tertiary alicyclic amines) is 1. The van der Waals surface area contributed by atoms with Crippen LogP contribution in [0.5, 0.6) is 5.75 Å². The van der Waals surface area contributed by atoms with Gasteiger partial charge < -0.3 is 14.2 Å². The molecule has 3 heterocycles. The molecule has 0 aromatic carbocycles. The molecule has 0 bridgehead atoms. The predicted octanol–water partition coefficient (Wildman–Crippen LogP) is 1.77.